The zero-order valence-electron chi connectivity index (χ0n) is 5.73. The Balaban J connectivity index is 3.89. The van der Waals surface area contributed by atoms with Gasteiger partial charge in [-0.2, -0.15) is 0 Å². The van der Waals surface area contributed by atoms with Crippen molar-refractivity contribution in [3.8, 4) is 0 Å². The first kappa shape index (κ1) is 8.60. The van der Waals surface area contributed by atoms with E-state index >= 15 is 0 Å². The van der Waals surface area contributed by atoms with Crippen molar-refractivity contribution in [2.45, 2.75) is 20.8 Å². The smallest absolute Gasteiger partial charge is 0.0194 e. The Morgan fingerprint density at radius 1 is 1.25 bits per heavy atom. The van der Waals surface area contributed by atoms with E-state index in [2.05, 4.69) is 45.3 Å². The van der Waals surface area contributed by atoms with Crippen LogP contribution < -0.4 is 0 Å². The summed E-state index contributed by atoms with van der Waals surface area (Å²) in [6.07, 6.45) is 2.20. The summed E-state index contributed by atoms with van der Waals surface area (Å²) in [5.74, 6) is 0. The molecular weight excluding hydrogens is 134 g/mol. The molecule has 2 heteroatoms. The van der Waals surface area contributed by atoms with Gasteiger partial charge in [0, 0.05) is 0 Å². The molecule has 0 saturated carbocycles. The van der Waals surface area contributed by atoms with E-state index in [0.29, 0.717) is 5.41 Å². The fraction of sp³-hybridized carbons (Fsp3) is 0.667. The van der Waals surface area contributed by atoms with Gasteiger partial charge in [-0.15, -0.1) is 18.5 Å². The predicted molar refractivity (Wildman–Crippen MR) is 47.0 cm³/mol. The maximum Gasteiger partial charge on any atom is -0.0194 e. The van der Waals surface area contributed by atoms with E-state index in [1.165, 1.54) is 5.06 Å². The number of rotatable bonds is 0. The van der Waals surface area contributed by atoms with Gasteiger partial charge in [0.2, 0.25) is 0 Å². The number of allylic oxidation sites excluding steroid dienone is 1. The van der Waals surface area contributed by atoms with Gasteiger partial charge < -0.3 is 0 Å². The van der Waals surface area contributed by atoms with Gasteiger partial charge in [-0.3, -0.25) is 0 Å². The third kappa shape index (κ3) is 6.60. The Labute approximate surface area is 56.5 Å². The summed E-state index contributed by atoms with van der Waals surface area (Å²) in [6.45, 7) is 6.54. The van der Waals surface area contributed by atoms with Crippen LogP contribution in [0.25, 0.3) is 0 Å². The van der Waals surface area contributed by atoms with Gasteiger partial charge in [0.1, 0.15) is 0 Å². The quantitative estimate of drug-likeness (QED) is 0.463. The Kier molecular flexibility index (Phi) is 3.17. The lowest BCUT2D eigenvalue weighted by molar-refractivity contribution is 0.544. The lowest BCUT2D eigenvalue weighted by Crippen LogP contribution is -1.97. The van der Waals surface area contributed by atoms with E-state index in [4.69, 9.17) is 0 Å². The molecule has 0 fully saturated rings. The summed E-state index contributed by atoms with van der Waals surface area (Å²) in [5.41, 5.74) is 0.318. The van der Waals surface area contributed by atoms with E-state index in [0.717, 1.165) is 0 Å². The fourth-order valence-electron chi connectivity index (χ4n) is 0.500. The Morgan fingerprint density at radius 3 is 1.62 bits per heavy atom. The molecule has 8 heavy (non-hydrogen) atoms. The zero-order chi connectivity index (χ0) is 6.78. The molecule has 0 spiro atoms. The molecule has 0 aliphatic carbocycles. The molecule has 0 saturated heterocycles. The highest BCUT2D eigenvalue weighted by Gasteiger charge is 2.03. The molecule has 0 rings (SSSR count). The van der Waals surface area contributed by atoms with Crippen molar-refractivity contribution in [2.75, 3.05) is 0 Å². The fourth-order valence-corrected chi connectivity index (χ4v) is 1.50. The van der Waals surface area contributed by atoms with Crippen LogP contribution in [0.1, 0.15) is 20.8 Å². The molecular formula is C6H14P2. The van der Waals surface area contributed by atoms with Gasteiger partial charge in [0.05, 0.1) is 0 Å². The monoisotopic (exact) mass is 148 g/mol. The van der Waals surface area contributed by atoms with Crippen LogP contribution in [0.4, 0.5) is 0 Å². The summed E-state index contributed by atoms with van der Waals surface area (Å²) >= 11 is 0. The molecule has 0 bridgehead atoms. The Morgan fingerprint density at radius 2 is 1.62 bits per heavy atom. The van der Waals surface area contributed by atoms with Crippen LogP contribution in [0.3, 0.4) is 0 Å². The van der Waals surface area contributed by atoms with Crippen LogP contribution in [-0.2, 0) is 0 Å². The van der Waals surface area contributed by atoms with Crippen molar-refractivity contribution in [3.63, 3.8) is 0 Å². The first-order valence-electron chi connectivity index (χ1n) is 2.65. The van der Waals surface area contributed by atoms with Crippen LogP contribution in [0.5, 0.6) is 0 Å². The van der Waals surface area contributed by atoms with E-state index in [-0.39, 0.29) is 0 Å². The molecule has 0 radical (unpaired) electrons. The molecule has 2 atom stereocenters. The zero-order valence-corrected chi connectivity index (χ0v) is 8.04. The highest BCUT2D eigenvalue weighted by Crippen LogP contribution is 2.23. The molecule has 0 aromatic heterocycles. The van der Waals surface area contributed by atoms with Crippen LogP contribution in [0.15, 0.2) is 11.1 Å². The third-order valence-corrected chi connectivity index (χ3v) is 0.933. The second kappa shape index (κ2) is 2.95. The summed E-state index contributed by atoms with van der Waals surface area (Å²) < 4.78 is 0. The average Bonchev–Trinajstić information content (AvgIpc) is 1.21. The van der Waals surface area contributed by atoms with E-state index in [1.807, 2.05) is 0 Å². The minimum atomic E-state index is 0.318. The van der Waals surface area contributed by atoms with Crippen LogP contribution in [0, 0.1) is 5.41 Å². The van der Waals surface area contributed by atoms with Crippen molar-refractivity contribution in [1.29, 1.82) is 0 Å². The van der Waals surface area contributed by atoms with E-state index < -0.39 is 0 Å². The standard InChI is InChI=1S/C6H14P2/c1-6(2,3)4-5(7)8/h4H,7-8H2,1-3H3. The molecule has 0 amide bonds. The van der Waals surface area contributed by atoms with Crippen molar-refractivity contribution in [3.05, 3.63) is 11.1 Å². The first-order chi connectivity index (χ1) is 3.42. The van der Waals surface area contributed by atoms with Crippen molar-refractivity contribution in [2.24, 2.45) is 5.41 Å². The minimum absolute atomic E-state index is 0.318. The molecule has 0 aromatic rings. The van der Waals surface area contributed by atoms with Gasteiger partial charge >= 0.3 is 0 Å². The van der Waals surface area contributed by atoms with Crippen molar-refractivity contribution in [1.82, 2.24) is 0 Å². The van der Waals surface area contributed by atoms with E-state index in [1.54, 1.807) is 0 Å². The van der Waals surface area contributed by atoms with E-state index in [9.17, 15) is 0 Å². The lowest BCUT2D eigenvalue weighted by Gasteiger charge is -2.11. The summed E-state index contributed by atoms with van der Waals surface area (Å²) in [7, 11) is 5.29. The summed E-state index contributed by atoms with van der Waals surface area (Å²) in [6, 6.07) is 0. The van der Waals surface area contributed by atoms with Crippen molar-refractivity contribution >= 4 is 18.5 Å². The van der Waals surface area contributed by atoms with Crippen LogP contribution >= 0.6 is 18.5 Å². The highest BCUT2D eigenvalue weighted by atomic mass is 31.1. The van der Waals surface area contributed by atoms with Gasteiger partial charge in [-0.1, -0.05) is 26.8 Å². The molecule has 2 unspecified atom stereocenters. The Bertz CT molecular complexity index is 93.6. The topological polar surface area (TPSA) is 0 Å². The molecule has 0 aliphatic heterocycles. The molecule has 0 heterocycles. The van der Waals surface area contributed by atoms with Gasteiger partial charge in [-0.25, -0.2) is 0 Å². The Hall–Kier alpha value is 0.600. The lowest BCUT2D eigenvalue weighted by atomic mass is 9.98. The van der Waals surface area contributed by atoms with Crippen LogP contribution in [-0.4, -0.2) is 0 Å². The summed E-state index contributed by atoms with van der Waals surface area (Å²) in [4.78, 5) is 0. The molecule has 0 aliphatic rings. The maximum atomic E-state index is 2.64. The average molecular weight is 148 g/mol. The number of hydrogen-bond acceptors (Lipinski definition) is 0. The second-order valence-corrected chi connectivity index (χ2v) is 5.01. The second-order valence-electron chi connectivity index (χ2n) is 3.01. The SMILES string of the molecule is CC(C)(C)C=C(P)P. The van der Waals surface area contributed by atoms with Crippen LogP contribution in [0.2, 0.25) is 0 Å². The molecule has 0 aromatic carbocycles. The predicted octanol–water partition coefficient (Wildman–Crippen LogP) is 2.62. The number of hydrogen-bond donors (Lipinski definition) is 0. The largest absolute Gasteiger partial charge is 0.106 e. The van der Waals surface area contributed by atoms with Gasteiger partial charge in [0.25, 0.3) is 0 Å². The maximum absolute atomic E-state index is 2.64. The first-order valence-corrected chi connectivity index (χ1v) is 3.81. The van der Waals surface area contributed by atoms with Crippen molar-refractivity contribution < 1.29 is 0 Å². The normalized spacial score (nSPS) is 11.1. The highest BCUT2D eigenvalue weighted by molar-refractivity contribution is 7.45. The summed E-state index contributed by atoms with van der Waals surface area (Å²) in [5, 5.41) is 1.23. The minimum Gasteiger partial charge on any atom is -0.106 e. The van der Waals surface area contributed by atoms with Gasteiger partial charge in [-0.05, 0) is 10.5 Å². The molecule has 48 valence electrons. The molecule has 0 N–H and O–H groups in total. The molecule has 0 nitrogen and oxygen atoms in total. The third-order valence-electron chi connectivity index (χ3n) is 0.600. The van der Waals surface area contributed by atoms with Gasteiger partial charge in [0.15, 0.2) is 0 Å².